The summed E-state index contributed by atoms with van der Waals surface area (Å²) in [7, 11) is 0. The second-order valence-electron chi connectivity index (χ2n) is 3.72. The smallest absolute Gasteiger partial charge is 0.235 e. The minimum Gasteiger partial charge on any atom is -0.274 e. The Balaban J connectivity index is 2.34. The fraction of sp³-hybridized carbons (Fsp3) is 0.167. The number of halogens is 1. The number of carbonyl (C=O) groups excluding carboxylic acids is 1. The highest BCUT2D eigenvalue weighted by Gasteiger charge is 2.06. The van der Waals surface area contributed by atoms with Crippen LogP contribution in [0.2, 0.25) is 0 Å². The summed E-state index contributed by atoms with van der Waals surface area (Å²) in [6.45, 7) is 3.32. The molecular weight excluding hydrogens is 282 g/mol. The first-order chi connectivity index (χ1) is 8.06. The van der Waals surface area contributed by atoms with E-state index in [9.17, 15) is 4.79 Å². The lowest BCUT2D eigenvalue weighted by atomic mass is 10.2. The fourth-order valence-corrected chi connectivity index (χ4v) is 1.78. The summed E-state index contributed by atoms with van der Waals surface area (Å²) in [5, 5.41) is 0. The van der Waals surface area contributed by atoms with Crippen LogP contribution in [-0.2, 0) is 4.79 Å². The summed E-state index contributed by atoms with van der Waals surface area (Å²) in [4.78, 5) is 15.4. The van der Waals surface area contributed by atoms with Crippen molar-refractivity contribution in [3.05, 3.63) is 40.8 Å². The number of aryl methyl sites for hydroxylation is 1. The molecule has 2 rings (SSSR count). The van der Waals surface area contributed by atoms with Crippen molar-refractivity contribution in [2.75, 3.05) is 5.43 Å². The summed E-state index contributed by atoms with van der Waals surface area (Å²) >= 11 is 3.39. The van der Waals surface area contributed by atoms with E-state index in [-0.39, 0.29) is 5.91 Å². The van der Waals surface area contributed by atoms with Crippen LogP contribution < -0.4 is 5.43 Å². The van der Waals surface area contributed by atoms with Crippen LogP contribution in [-0.4, -0.2) is 15.6 Å². The van der Waals surface area contributed by atoms with Gasteiger partial charge in [0.25, 0.3) is 0 Å². The number of hydrogen-bond donors (Lipinski definition) is 1. The molecule has 0 bridgehead atoms. The number of aromatic nitrogens is 2. The van der Waals surface area contributed by atoms with Gasteiger partial charge in [0.15, 0.2) is 0 Å². The Morgan fingerprint density at radius 3 is 2.59 bits per heavy atom. The average molecular weight is 294 g/mol. The minimum atomic E-state index is -0.118. The third kappa shape index (κ3) is 2.74. The number of amides is 1. The molecule has 0 aliphatic carbocycles. The first-order valence-corrected chi connectivity index (χ1v) is 5.95. The van der Waals surface area contributed by atoms with Crippen LogP contribution >= 0.6 is 15.9 Å². The predicted molar refractivity (Wildman–Crippen MR) is 70.1 cm³/mol. The number of hydrogen-bond acceptors (Lipinski definition) is 2. The second-order valence-corrected chi connectivity index (χ2v) is 4.63. The van der Waals surface area contributed by atoms with E-state index in [0.717, 1.165) is 21.6 Å². The van der Waals surface area contributed by atoms with Gasteiger partial charge in [-0.1, -0.05) is 28.1 Å². The maximum Gasteiger partial charge on any atom is 0.235 e. The number of rotatable bonds is 2. The third-order valence-corrected chi connectivity index (χ3v) is 2.83. The second kappa shape index (κ2) is 4.71. The van der Waals surface area contributed by atoms with Gasteiger partial charge < -0.3 is 0 Å². The van der Waals surface area contributed by atoms with Crippen LogP contribution in [0, 0.1) is 6.92 Å². The Morgan fingerprint density at radius 1 is 1.35 bits per heavy atom. The van der Waals surface area contributed by atoms with Gasteiger partial charge in [0.1, 0.15) is 5.82 Å². The van der Waals surface area contributed by atoms with E-state index >= 15 is 0 Å². The molecule has 5 heteroatoms. The van der Waals surface area contributed by atoms with Crippen molar-refractivity contribution in [1.29, 1.82) is 0 Å². The third-order valence-electron chi connectivity index (χ3n) is 2.30. The molecule has 17 heavy (non-hydrogen) atoms. The monoisotopic (exact) mass is 293 g/mol. The van der Waals surface area contributed by atoms with Gasteiger partial charge in [-0.15, -0.1) is 0 Å². The Kier molecular flexibility index (Phi) is 3.28. The molecule has 0 saturated carbocycles. The zero-order valence-electron chi connectivity index (χ0n) is 9.57. The summed E-state index contributed by atoms with van der Waals surface area (Å²) in [6, 6.07) is 7.87. The van der Waals surface area contributed by atoms with E-state index in [1.165, 1.54) is 6.92 Å². The van der Waals surface area contributed by atoms with Crippen molar-refractivity contribution in [1.82, 2.24) is 9.66 Å². The zero-order chi connectivity index (χ0) is 12.4. The first-order valence-electron chi connectivity index (χ1n) is 5.16. The van der Waals surface area contributed by atoms with Gasteiger partial charge in [-0.2, -0.15) is 0 Å². The molecule has 4 nitrogen and oxygen atoms in total. The molecule has 0 aliphatic rings. The Hall–Kier alpha value is -1.62. The van der Waals surface area contributed by atoms with Gasteiger partial charge in [-0.05, 0) is 19.1 Å². The summed E-state index contributed by atoms with van der Waals surface area (Å²) in [5.41, 5.74) is 4.53. The quantitative estimate of drug-likeness (QED) is 0.925. The molecule has 1 amide bonds. The van der Waals surface area contributed by atoms with Gasteiger partial charge in [0, 0.05) is 17.0 Å². The van der Waals surface area contributed by atoms with Crippen LogP contribution in [0.5, 0.6) is 0 Å². The van der Waals surface area contributed by atoms with Gasteiger partial charge in [-0.25, -0.2) is 9.66 Å². The van der Waals surface area contributed by atoms with Crippen molar-refractivity contribution in [3.63, 3.8) is 0 Å². The molecule has 1 N–H and O–H groups in total. The molecule has 1 heterocycles. The molecule has 0 atom stereocenters. The number of nitrogens with one attached hydrogen (secondary N) is 1. The minimum absolute atomic E-state index is 0.118. The van der Waals surface area contributed by atoms with E-state index in [0.29, 0.717) is 0 Å². The Morgan fingerprint density at radius 2 is 2.00 bits per heavy atom. The van der Waals surface area contributed by atoms with Crippen molar-refractivity contribution in [2.45, 2.75) is 13.8 Å². The predicted octanol–water partition coefficient (Wildman–Crippen LogP) is 2.71. The largest absolute Gasteiger partial charge is 0.274 e. The molecular formula is C12H12BrN3O. The normalized spacial score (nSPS) is 10.3. The average Bonchev–Trinajstić information content (AvgIpc) is 2.60. The zero-order valence-corrected chi connectivity index (χ0v) is 11.2. The van der Waals surface area contributed by atoms with Crippen molar-refractivity contribution in [3.8, 4) is 11.3 Å². The van der Waals surface area contributed by atoms with Crippen LogP contribution in [0.1, 0.15) is 12.7 Å². The molecule has 0 spiro atoms. The lowest BCUT2D eigenvalue weighted by molar-refractivity contribution is -0.115. The lowest BCUT2D eigenvalue weighted by Gasteiger charge is -2.02. The van der Waals surface area contributed by atoms with E-state index in [1.807, 2.05) is 31.2 Å². The summed E-state index contributed by atoms with van der Waals surface area (Å²) < 4.78 is 2.65. The molecule has 0 fully saturated rings. The SMILES string of the molecule is CC(=O)Nn1cc(-c2ccc(Br)cc2)nc1C. The fourth-order valence-electron chi connectivity index (χ4n) is 1.52. The van der Waals surface area contributed by atoms with E-state index in [2.05, 4.69) is 26.3 Å². The molecule has 0 aliphatic heterocycles. The molecule has 1 aromatic heterocycles. The van der Waals surface area contributed by atoms with Gasteiger partial charge in [0.2, 0.25) is 5.91 Å². The standard InChI is InChI=1S/C12H12BrN3O/c1-8-14-12(7-16(8)15-9(2)17)10-3-5-11(13)6-4-10/h3-7H,1-2H3,(H,15,17). The topological polar surface area (TPSA) is 46.9 Å². The number of benzene rings is 1. The van der Waals surface area contributed by atoms with Gasteiger partial charge in [-0.3, -0.25) is 10.2 Å². The summed E-state index contributed by atoms with van der Waals surface area (Å²) in [6.07, 6.45) is 1.81. The molecule has 1 aromatic carbocycles. The van der Waals surface area contributed by atoms with Crippen LogP contribution in [0.3, 0.4) is 0 Å². The lowest BCUT2D eigenvalue weighted by Crippen LogP contribution is -2.19. The molecule has 0 unspecified atom stereocenters. The molecule has 0 saturated heterocycles. The maximum atomic E-state index is 11.0. The van der Waals surface area contributed by atoms with Crippen LogP contribution in [0.15, 0.2) is 34.9 Å². The van der Waals surface area contributed by atoms with Crippen molar-refractivity contribution >= 4 is 21.8 Å². The maximum absolute atomic E-state index is 11.0. The summed E-state index contributed by atoms with van der Waals surface area (Å²) in [5.74, 6) is 0.631. The van der Waals surface area contributed by atoms with Gasteiger partial charge >= 0.3 is 0 Å². The first kappa shape index (κ1) is 11.9. The number of carbonyl (C=O) groups is 1. The van der Waals surface area contributed by atoms with E-state index in [4.69, 9.17) is 0 Å². The number of nitrogens with zero attached hydrogens (tertiary/aromatic N) is 2. The Bertz CT molecular complexity index is 545. The highest BCUT2D eigenvalue weighted by molar-refractivity contribution is 9.10. The van der Waals surface area contributed by atoms with Gasteiger partial charge in [0.05, 0.1) is 11.9 Å². The van der Waals surface area contributed by atoms with E-state index in [1.54, 1.807) is 10.9 Å². The molecule has 88 valence electrons. The van der Waals surface area contributed by atoms with Crippen LogP contribution in [0.25, 0.3) is 11.3 Å². The number of imidazole rings is 1. The Labute approximate surface area is 108 Å². The van der Waals surface area contributed by atoms with Crippen molar-refractivity contribution < 1.29 is 4.79 Å². The van der Waals surface area contributed by atoms with Crippen molar-refractivity contribution in [2.24, 2.45) is 0 Å². The molecule has 2 aromatic rings. The molecule has 0 radical (unpaired) electrons. The highest BCUT2D eigenvalue weighted by atomic mass is 79.9. The van der Waals surface area contributed by atoms with E-state index < -0.39 is 0 Å². The van der Waals surface area contributed by atoms with Crippen LogP contribution in [0.4, 0.5) is 0 Å². The highest BCUT2D eigenvalue weighted by Crippen LogP contribution is 2.20.